The van der Waals surface area contributed by atoms with E-state index in [4.69, 9.17) is 4.42 Å². The molecule has 2 heterocycles. The first-order valence-corrected chi connectivity index (χ1v) is 20.9. The van der Waals surface area contributed by atoms with Crippen molar-refractivity contribution in [2.45, 2.75) is 0 Å². The second-order valence-corrected chi connectivity index (χ2v) is 15.6. The van der Waals surface area contributed by atoms with E-state index < -0.39 is 0 Å². The molecule has 0 saturated heterocycles. The van der Waals surface area contributed by atoms with Gasteiger partial charge in [-0.15, -0.1) is 0 Å². The topological polar surface area (TPSA) is 21.3 Å². The molecule has 61 heavy (non-hydrogen) atoms. The van der Waals surface area contributed by atoms with Crippen LogP contribution in [0, 0.1) is 0 Å². The van der Waals surface area contributed by atoms with Gasteiger partial charge in [-0.05, 0) is 70.4 Å². The van der Waals surface area contributed by atoms with E-state index in [2.05, 4.69) is 234 Å². The lowest BCUT2D eigenvalue weighted by atomic mass is 9.95. The molecule has 0 radical (unpaired) electrons. The molecular formula is C58H38N2O. The lowest BCUT2D eigenvalue weighted by Gasteiger charge is -2.30. The summed E-state index contributed by atoms with van der Waals surface area (Å²) in [5.74, 6) is 0. The molecule has 0 unspecified atom stereocenters. The van der Waals surface area contributed by atoms with Crippen LogP contribution < -0.4 is 4.90 Å². The Bertz CT molecular complexity index is 3550. The molecule has 12 aromatic rings. The molecule has 0 spiro atoms. The number of benzene rings is 10. The first kappa shape index (κ1) is 34.9. The zero-order valence-electron chi connectivity index (χ0n) is 33.2. The molecule has 10 aromatic carbocycles. The highest BCUT2D eigenvalue weighted by atomic mass is 16.3. The maximum atomic E-state index is 6.66. The van der Waals surface area contributed by atoms with E-state index in [0.29, 0.717) is 0 Å². The molecule has 0 atom stereocenters. The first-order chi connectivity index (χ1) is 30.3. The maximum Gasteiger partial charge on any atom is 0.143 e. The number of hydrogen-bond acceptors (Lipinski definition) is 2. The molecule has 3 nitrogen and oxygen atoms in total. The highest BCUT2D eigenvalue weighted by molar-refractivity contribution is 6.12. The smallest absolute Gasteiger partial charge is 0.143 e. The molecule has 0 fully saturated rings. The Hall–Kier alpha value is -8.14. The molecule has 2 aromatic heterocycles. The van der Waals surface area contributed by atoms with Crippen molar-refractivity contribution >= 4 is 71.6 Å². The number of anilines is 3. The minimum Gasteiger partial charge on any atom is -0.455 e. The Labute approximate surface area is 353 Å². The van der Waals surface area contributed by atoms with Crippen LogP contribution in [0.2, 0.25) is 0 Å². The minimum absolute atomic E-state index is 0.885. The predicted octanol–water partition coefficient (Wildman–Crippen LogP) is 16.3. The van der Waals surface area contributed by atoms with Crippen LogP contribution in [0.15, 0.2) is 235 Å². The second kappa shape index (κ2) is 14.3. The Balaban J connectivity index is 1.07. The van der Waals surface area contributed by atoms with Gasteiger partial charge in [0.1, 0.15) is 11.2 Å². The monoisotopic (exact) mass is 778 g/mol. The number of para-hydroxylation sites is 7. The van der Waals surface area contributed by atoms with Crippen LogP contribution >= 0.6 is 0 Å². The van der Waals surface area contributed by atoms with Crippen LogP contribution in [0.25, 0.3) is 93.6 Å². The van der Waals surface area contributed by atoms with Gasteiger partial charge in [0.15, 0.2) is 0 Å². The SMILES string of the molecule is c1ccc(N(c2ccc(-c3ccccc3-n3c4ccccc4c4ccccc43)cc2)c2ccccc2-c2cccc3c2oc2ccccc23)c(-c2cccc3ccccc23)c1. The fraction of sp³-hybridized carbons (Fsp3) is 0. The van der Waals surface area contributed by atoms with Gasteiger partial charge in [0, 0.05) is 49.5 Å². The third-order valence-corrected chi connectivity index (χ3v) is 12.2. The number of aromatic nitrogens is 1. The van der Waals surface area contributed by atoms with Gasteiger partial charge in [-0.2, -0.15) is 0 Å². The molecule has 0 bridgehead atoms. The third-order valence-electron chi connectivity index (χ3n) is 12.2. The molecule has 0 aliphatic rings. The lowest BCUT2D eigenvalue weighted by Crippen LogP contribution is -2.12. The van der Waals surface area contributed by atoms with E-state index in [1.165, 1.54) is 43.7 Å². The number of fused-ring (bicyclic) bond motifs is 7. The summed E-state index contributed by atoms with van der Waals surface area (Å²) in [7, 11) is 0. The summed E-state index contributed by atoms with van der Waals surface area (Å²) in [5.41, 5.74) is 15.3. The van der Waals surface area contributed by atoms with Crippen molar-refractivity contribution in [3.05, 3.63) is 231 Å². The molecule has 0 aliphatic heterocycles. The summed E-state index contributed by atoms with van der Waals surface area (Å²) in [6.45, 7) is 0. The van der Waals surface area contributed by atoms with Crippen LogP contribution in [-0.4, -0.2) is 4.57 Å². The van der Waals surface area contributed by atoms with E-state index in [-0.39, 0.29) is 0 Å². The van der Waals surface area contributed by atoms with Gasteiger partial charge in [-0.3, -0.25) is 0 Å². The molecule has 0 amide bonds. The maximum absolute atomic E-state index is 6.66. The normalized spacial score (nSPS) is 11.6. The summed E-state index contributed by atoms with van der Waals surface area (Å²) in [5, 5.41) is 7.16. The van der Waals surface area contributed by atoms with Gasteiger partial charge in [0.2, 0.25) is 0 Å². The fourth-order valence-corrected chi connectivity index (χ4v) is 9.51. The third kappa shape index (κ3) is 5.66. The average molecular weight is 779 g/mol. The number of furan rings is 1. The van der Waals surface area contributed by atoms with Crippen molar-refractivity contribution in [1.82, 2.24) is 4.57 Å². The highest BCUT2D eigenvalue weighted by Gasteiger charge is 2.23. The van der Waals surface area contributed by atoms with Gasteiger partial charge < -0.3 is 13.9 Å². The Kier molecular flexibility index (Phi) is 8.17. The summed E-state index contributed by atoms with van der Waals surface area (Å²) < 4.78 is 9.08. The average Bonchev–Trinajstić information content (AvgIpc) is 3.88. The Morgan fingerprint density at radius 3 is 1.56 bits per heavy atom. The van der Waals surface area contributed by atoms with Gasteiger partial charge in [0.05, 0.1) is 28.1 Å². The van der Waals surface area contributed by atoms with Crippen LogP contribution in [0.3, 0.4) is 0 Å². The molecule has 12 rings (SSSR count). The van der Waals surface area contributed by atoms with Crippen LogP contribution in [-0.2, 0) is 0 Å². The van der Waals surface area contributed by atoms with Gasteiger partial charge in [-0.25, -0.2) is 0 Å². The van der Waals surface area contributed by atoms with Crippen molar-refractivity contribution < 1.29 is 4.42 Å². The largest absolute Gasteiger partial charge is 0.455 e. The van der Waals surface area contributed by atoms with Gasteiger partial charge in [0.25, 0.3) is 0 Å². The van der Waals surface area contributed by atoms with Crippen LogP contribution in [0.4, 0.5) is 17.1 Å². The van der Waals surface area contributed by atoms with E-state index in [1.54, 1.807) is 0 Å². The summed E-state index contributed by atoms with van der Waals surface area (Å²) in [4.78, 5) is 2.43. The van der Waals surface area contributed by atoms with Gasteiger partial charge in [-0.1, -0.05) is 182 Å². The van der Waals surface area contributed by atoms with E-state index >= 15 is 0 Å². The standard InChI is InChI=1S/C58H38N2O/c1-2-19-42-39(17-1)18-15-26-44(42)45-21-4-10-30-53(45)59(54-31-11-7-24-48(54)50-27-16-28-51-49-25-8-14-34-57(49)61-58(50)51)41-37-35-40(36-38-41)43-20-3-9-29-52(43)60-55-32-12-5-22-46(55)47-23-6-13-33-56(47)60/h1-38H. The van der Waals surface area contributed by atoms with Crippen molar-refractivity contribution in [2.75, 3.05) is 4.90 Å². The minimum atomic E-state index is 0.885. The van der Waals surface area contributed by atoms with Crippen molar-refractivity contribution in [3.8, 4) is 39.1 Å². The molecule has 0 saturated carbocycles. The lowest BCUT2D eigenvalue weighted by molar-refractivity contribution is 0.670. The quantitative estimate of drug-likeness (QED) is 0.161. The molecule has 286 valence electrons. The van der Waals surface area contributed by atoms with E-state index in [1.807, 2.05) is 6.07 Å². The van der Waals surface area contributed by atoms with Crippen molar-refractivity contribution in [2.24, 2.45) is 0 Å². The zero-order chi connectivity index (χ0) is 40.3. The first-order valence-electron chi connectivity index (χ1n) is 20.9. The van der Waals surface area contributed by atoms with Crippen LogP contribution in [0.1, 0.15) is 0 Å². The number of nitrogens with zero attached hydrogens (tertiary/aromatic N) is 2. The molecule has 0 aliphatic carbocycles. The van der Waals surface area contributed by atoms with E-state index in [0.717, 1.165) is 66.9 Å². The summed E-state index contributed by atoms with van der Waals surface area (Å²) in [6, 6.07) is 82.9. The molecule has 0 N–H and O–H groups in total. The number of rotatable bonds is 7. The van der Waals surface area contributed by atoms with E-state index in [9.17, 15) is 0 Å². The molecule has 3 heteroatoms. The van der Waals surface area contributed by atoms with Crippen molar-refractivity contribution in [3.63, 3.8) is 0 Å². The Morgan fingerprint density at radius 2 is 0.820 bits per heavy atom. The van der Waals surface area contributed by atoms with Crippen LogP contribution in [0.5, 0.6) is 0 Å². The second-order valence-electron chi connectivity index (χ2n) is 15.6. The highest BCUT2D eigenvalue weighted by Crippen LogP contribution is 2.48. The summed E-state index contributed by atoms with van der Waals surface area (Å²) >= 11 is 0. The predicted molar refractivity (Wildman–Crippen MR) is 257 cm³/mol. The Morgan fingerprint density at radius 1 is 0.328 bits per heavy atom. The molecular weight excluding hydrogens is 741 g/mol. The van der Waals surface area contributed by atoms with Gasteiger partial charge >= 0.3 is 0 Å². The fourth-order valence-electron chi connectivity index (χ4n) is 9.51. The zero-order valence-corrected chi connectivity index (χ0v) is 33.2. The summed E-state index contributed by atoms with van der Waals surface area (Å²) in [6.07, 6.45) is 0. The van der Waals surface area contributed by atoms with Crippen molar-refractivity contribution in [1.29, 1.82) is 0 Å². The number of hydrogen-bond donors (Lipinski definition) is 0.